The lowest BCUT2D eigenvalue weighted by Gasteiger charge is -2.15. The molecule has 5 rings (SSSR count). The van der Waals surface area contributed by atoms with Crippen LogP contribution >= 0.6 is 0 Å². The zero-order valence-corrected chi connectivity index (χ0v) is 16.2. The molecule has 0 unspecified atom stereocenters. The molecule has 0 fully saturated rings. The van der Waals surface area contributed by atoms with Crippen LogP contribution in [0.25, 0.3) is 32.4 Å². The SMILES string of the molecule is COc1cc(OC)c2c(c[n+](C)c3c4cc5c(cc4ccc23)OCO5)c1OC. The molecule has 142 valence electrons. The molecule has 0 atom stereocenters. The predicted octanol–water partition coefficient (Wildman–Crippen LogP) is 3.73. The topological polar surface area (TPSA) is 50.0 Å². The van der Waals surface area contributed by atoms with E-state index in [9.17, 15) is 0 Å². The molecule has 0 saturated heterocycles. The highest BCUT2D eigenvalue weighted by Gasteiger charge is 2.24. The summed E-state index contributed by atoms with van der Waals surface area (Å²) in [7, 11) is 6.96. The maximum absolute atomic E-state index is 5.71. The van der Waals surface area contributed by atoms with Gasteiger partial charge in [0, 0.05) is 11.5 Å². The Morgan fingerprint density at radius 3 is 2.29 bits per heavy atom. The molecule has 4 aromatic rings. The summed E-state index contributed by atoms with van der Waals surface area (Å²) in [5, 5.41) is 5.14. The second-order valence-electron chi connectivity index (χ2n) is 6.73. The van der Waals surface area contributed by atoms with Crippen LogP contribution in [0.3, 0.4) is 0 Å². The summed E-state index contributed by atoms with van der Waals surface area (Å²) in [6.45, 7) is 0.253. The number of pyridine rings is 1. The van der Waals surface area contributed by atoms with Crippen molar-refractivity contribution in [2.45, 2.75) is 0 Å². The average molecular weight is 378 g/mol. The van der Waals surface area contributed by atoms with Crippen LogP contribution in [0.5, 0.6) is 28.7 Å². The summed E-state index contributed by atoms with van der Waals surface area (Å²) >= 11 is 0. The van der Waals surface area contributed by atoms with Gasteiger partial charge < -0.3 is 23.7 Å². The van der Waals surface area contributed by atoms with Gasteiger partial charge in [0.1, 0.15) is 12.8 Å². The molecule has 0 spiro atoms. The van der Waals surface area contributed by atoms with E-state index in [4.69, 9.17) is 23.7 Å². The van der Waals surface area contributed by atoms with E-state index in [2.05, 4.69) is 16.7 Å². The maximum Gasteiger partial charge on any atom is 0.231 e. The van der Waals surface area contributed by atoms with Gasteiger partial charge >= 0.3 is 0 Å². The molecular weight excluding hydrogens is 358 g/mol. The van der Waals surface area contributed by atoms with Crippen molar-refractivity contribution in [2.75, 3.05) is 28.1 Å². The number of ether oxygens (including phenoxy) is 5. The smallest absolute Gasteiger partial charge is 0.231 e. The first-order valence-corrected chi connectivity index (χ1v) is 8.93. The number of nitrogens with zero attached hydrogens (tertiary/aromatic N) is 1. The van der Waals surface area contributed by atoms with Crippen molar-refractivity contribution in [3.8, 4) is 28.7 Å². The van der Waals surface area contributed by atoms with E-state index >= 15 is 0 Å². The number of fused-ring (bicyclic) bond motifs is 6. The van der Waals surface area contributed by atoms with Gasteiger partial charge in [-0.3, -0.25) is 0 Å². The summed E-state index contributed by atoms with van der Waals surface area (Å²) < 4.78 is 30.1. The van der Waals surface area contributed by atoms with Crippen LogP contribution in [0.2, 0.25) is 0 Å². The van der Waals surface area contributed by atoms with E-state index in [0.717, 1.165) is 49.7 Å². The lowest BCUT2D eigenvalue weighted by molar-refractivity contribution is -0.642. The van der Waals surface area contributed by atoms with Crippen molar-refractivity contribution in [3.63, 3.8) is 0 Å². The van der Waals surface area contributed by atoms with Crippen molar-refractivity contribution >= 4 is 32.4 Å². The van der Waals surface area contributed by atoms with E-state index in [1.165, 1.54) is 0 Å². The quantitative estimate of drug-likeness (QED) is 0.402. The van der Waals surface area contributed by atoms with Gasteiger partial charge in [-0.25, -0.2) is 0 Å². The molecule has 28 heavy (non-hydrogen) atoms. The molecule has 1 aromatic heterocycles. The fraction of sp³-hybridized carbons (Fsp3) is 0.227. The molecule has 1 aliphatic heterocycles. The largest absolute Gasteiger partial charge is 0.496 e. The van der Waals surface area contributed by atoms with Gasteiger partial charge in [0.25, 0.3) is 0 Å². The molecule has 0 N–H and O–H groups in total. The molecule has 1 aliphatic rings. The number of hydrogen-bond donors (Lipinski definition) is 0. The number of rotatable bonds is 3. The zero-order chi connectivity index (χ0) is 19.4. The molecule has 0 amide bonds. The minimum atomic E-state index is 0.253. The van der Waals surface area contributed by atoms with Crippen LogP contribution in [0.15, 0.2) is 36.5 Å². The maximum atomic E-state index is 5.71. The highest BCUT2D eigenvalue weighted by molar-refractivity contribution is 6.17. The standard InChI is InChI=1S/C22H20NO5/c1-23-10-15-20(18(24-2)9-19(25-3)22(15)26-4)13-6-5-12-7-16-17(28-11-27-16)8-14(12)21(13)23/h5-10H,11H2,1-4H3/q+1. The molecule has 0 saturated carbocycles. The normalized spacial score (nSPS) is 12.7. The number of hydrogen-bond acceptors (Lipinski definition) is 5. The van der Waals surface area contributed by atoms with Gasteiger partial charge in [0.15, 0.2) is 29.2 Å². The van der Waals surface area contributed by atoms with Crippen molar-refractivity contribution in [1.82, 2.24) is 0 Å². The van der Waals surface area contributed by atoms with E-state index in [0.29, 0.717) is 11.5 Å². The number of aromatic nitrogens is 1. The first-order valence-electron chi connectivity index (χ1n) is 8.93. The van der Waals surface area contributed by atoms with Crippen LogP contribution in [0, 0.1) is 0 Å². The number of methoxy groups -OCH3 is 3. The van der Waals surface area contributed by atoms with Gasteiger partial charge in [-0.05, 0) is 23.6 Å². The second-order valence-corrected chi connectivity index (χ2v) is 6.73. The molecule has 0 bridgehead atoms. The Morgan fingerprint density at radius 1 is 0.821 bits per heavy atom. The Hall–Kier alpha value is -3.41. The van der Waals surface area contributed by atoms with E-state index in [1.54, 1.807) is 21.3 Å². The lowest BCUT2D eigenvalue weighted by Crippen LogP contribution is -2.28. The van der Waals surface area contributed by atoms with Crippen LogP contribution < -0.4 is 28.3 Å². The van der Waals surface area contributed by atoms with Crippen molar-refractivity contribution < 1.29 is 28.3 Å². The first kappa shape index (κ1) is 16.7. The fourth-order valence-electron chi connectivity index (χ4n) is 4.10. The Balaban J connectivity index is 1.99. The minimum absolute atomic E-state index is 0.253. The molecule has 2 heterocycles. The first-order chi connectivity index (χ1) is 13.7. The molecule has 3 aromatic carbocycles. The molecular formula is C22H20NO5+. The number of benzene rings is 3. The average Bonchev–Trinajstić information content (AvgIpc) is 3.17. The monoisotopic (exact) mass is 378 g/mol. The lowest BCUT2D eigenvalue weighted by atomic mass is 9.99. The molecule has 6 nitrogen and oxygen atoms in total. The third-order valence-corrected chi connectivity index (χ3v) is 5.32. The highest BCUT2D eigenvalue weighted by Crippen LogP contribution is 2.45. The summed E-state index contributed by atoms with van der Waals surface area (Å²) in [6, 6.07) is 10.1. The minimum Gasteiger partial charge on any atom is -0.496 e. The van der Waals surface area contributed by atoms with E-state index < -0.39 is 0 Å². The predicted molar refractivity (Wildman–Crippen MR) is 106 cm³/mol. The summed E-state index contributed by atoms with van der Waals surface area (Å²) in [6.07, 6.45) is 2.05. The third kappa shape index (κ3) is 2.17. The Labute approximate surface area is 161 Å². The van der Waals surface area contributed by atoms with Gasteiger partial charge in [-0.15, -0.1) is 0 Å². The summed E-state index contributed by atoms with van der Waals surface area (Å²) in [4.78, 5) is 0. The van der Waals surface area contributed by atoms with Crippen molar-refractivity contribution in [3.05, 3.63) is 36.5 Å². The van der Waals surface area contributed by atoms with Crippen LogP contribution in [-0.4, -0.2) is 28.1 Å². The second kappa shape index (κ2) is 6.05. The highest BCUT2D eigenvalue weighted by atomic mass is 16.7. The fourth-order valence-corrected chi connectivity index (χ4v) is 4.10. The van der Waals surface area contributed by atoms with Crippen molar-refractivity contribution in [2.24, 2.45) is 7.05 Å². The van der Waals surface area contributed by atoms with Crippen LogP contribution in [0.4, 0.5) is 0 Å². The molecule has 6 heteroatoms. The van der Waals surface area contributed by atoms with Gasteiger partial charge in [0.2, 0.25) is 12.3 Å². The van der Waals surface area contributed by atoms with Crippen molar-refractivity contribution in [1.29, 1.82) is 0 Å². The molecule has 0 radical (unpaired) electrons. The molecule has 0 aliphatic carbocycles. The number of aryl methyl sites for hydroxylation is 1. The van der Waals surface area contributed by atoms with Crippen LogP contribution in [0.1, 0.15) is 0 Å². The van der Waals surface area contributed by atoms with Crippen LogP contribution in [-0.2, 0) is 7.05 Å². The Kier molecular flexibility index (Phi) is 3.62. The Morgan fingerprint density at radius 2 is 1.57 bits per heavy atom. The summed E-state index contributed by atoms with van der Waals surface area (Å²) in [5.74, 6) is 3.59. The van der Waals surface area contributed by atoms with Gasteiger partial charge in [-0.2, -0.15) is 4.57 Å². The zero-order valence-electron chi connectivity index (χ0n) is 16.2. The van der Waals surface area contributed by atoms with Gasteiger partial charge in [0.05, 0.1) is 37.5 Å². The van der Waals surface area contributed by atoms with Gasteiger partial charge in [-0.1, -0.05) is 6.07 Å². The van der Waals surface area contributed by atoms with E-state index in [-0.39, 0.29) is 6.79 Å². The Bertz CT molecular complexity index is 1270. The summed E-state index contributed by atoms with van der Waals surface area (Å²) in [5.41, 5.74) is 1.08. The third-order valence-electron chi connectivity index (χ3n) is 5.32. The van der Waals surface area contributed by atoms with E-state index in [1.807, 2.05) is 31.4 Å².